The fourth-order valence-corrected chi connectivity index (χ4v) is 3.59. The predicted octanol–water partition coefficient (Wildman–Crippen LogP) is 1.95. The molecule has 0 spiro atoms. The van der Waals surface area contributed by atoms with E-state index in [1.54, 1.807) is 35.8 Å². The van der Waals surface area contributed by atoms with Crippen molar-refractivity contribution in [2.24, 2.45) is 5.92 Å². The topological polar surface area (TPSA) is 96.8 Å². The number of likely N-dealkylation sites (tertiary alicyclic amines) is 1. The standard InChI is InChI=1S/C21H18N6O2/c28-20-6-5-17(16-2-1-7-22-9-16)25-27(20)12-14-10-26(11-14)21(29)15-3-4-18-19(8-15)24-13-23-18/h1-9,13-14H,10-12H2,(H,23,24). The van der Waals surface area contributed by atoms with E-state index in [9.17, 15) is 9.59 Å². The minimum absolute atomic E-state index is 0.0119. The molecule has 0 radical (unpaired) electrons. The number of hydrogen-bond donors (Lipinski definition) is 1. The number of imidazole rings is 1. The number of rotatable bonds is 4. The second kappa shape index (κ2) is 6.97. The monoisotopic (exact) mass is 386 g/mol. The van der Waals surface area contributed by atoms with Crippen LogP contribution in [0.1, 0.15) is 10.4 Å². The number of pyridine rings is 1. The third kappa shape index (κ3) is 3.29. The Kier molecular flexibility index (Phi) is 4.16. The fraction of sp³-hybridized carbons (Fsp3) is 0.190. The van der Waals surface area contributed by atoms with Gasteiger partial charge in [-0.25, -0.2) is 9.67 Å². The summed E-state index contributed by atoms with van der Waals surface area (Å²) in [5, 5.41) is 4.47. The van der Waals surface area contributed by atoms with E-state index in [1.807, 2.05) is 24.3 Å². The minimum Gasteiger partial charge on any atom is -0.345 e. The van der Waals surface area contributed by atoms with Gasteiger partial charge in [0.05, 0.1) is 29.6 Å². The van der Waals surface area contributed by atoms with Crippen molar-refractivity contribution in [3.05, 3.63) is 77.1 Å². The lowest BCUT2D eigenvalue weighted by Gasteiger charge is -2.39. The van der Waals surface area contributed by atoms with Gasteiger partial charge in [-0.1, -0.05) is 0 Å². The fourth-order valence-electron chi connectivity index (χ4n) is 3.59. The van der Waals surface area contributed by atoms with Crippen LogP contribution in [0.15, 0.2) is 66.0 Å². The van der Waals surface area contributed by atoms with Crippen molar-refractivity contribution in [2.75, 3.05) is 13.1 Å². The van der Waals surface area contributed by atoms with Crippen LogP contribution in [0, 0.1) is 5.92 Å². The summed E-state index contributed by atoms with van der Waals surface area (Å²) in [6.07, 6.45) is 5.03. The first-order chi connectivity index (χ1) is 14.2. The van der Waals surface area contributed by atoms with E-state index < -0.39 is 0 Å². The maximum Gasteiger partial charge on any atom is 0.266 e. The maximum absolute atomic E-state index is 12.7. The molecule has 1 aromatic carbocycles. The molecule has 1 saturated heterocycles. The minimum atomic E-state index is -0.146. The van der Waals surface area contributed by atoms with Crippen LogP contribution in [0.25, 0.3) is 22.3 Å². The summed E-state index contributed by atoms with van der Waals surface area (Å²) >= 11 is 0. The Morgan fingerprint density at radius 2 is 2.07 bits per heavy atom. The SMILES string of the molecule is O=C(c1ccc2nc[nH]c2c1)N1CC(Cn2nc(-c3cccnc3)ccc2=O)C1. The third-order valence-electron chi connectivity index (χ3n) is 5.17. The van der Waals surface area contributed by atoms with Crippen LogP contribution in [0.2, 0.25) is 0 Å². The highest BCUT2D eigenvalue weighted by Gasteiger charge is 2.32. The summed E-state index contributed by atoms with van der Waals surface area (Å²) in [6, 6.07) is 12.4. The summed E-state index contributed by atoms with van der Waals surface area (Å²) < 4.78 is 1.48. The quantitative estimate of drug-likeness (QED) is 0.578. The van der Waals surface area contributed by atoms with Gasteiger partial charge in [-0.05, 0) is 36.4 Å². The molecule has 3 aromatic heterocycles. The molecule has 0 aliphatic carbocycles. The smallest absolute Gasteiger partial charge is 0.266 e. The molecule has 1 N–H and O–H groups in total. The van der Waals surface area contributed by atoms with Gasteiger partial charge in [0.1, 0.15) is 0 Å². The van der Waals surface area contributed by atoms with E-state index in [4.69, 9.17) is 0 Å². The molecule has 4 aromatic rings. The number of H-pyrrole nitrogens is 1. The number of nitrogens with one attached hydrogen (secondary N) is 1. The number of carbonyl (C=O) groups is 1. The number of hydrogen-bond acceptors (Lipinski definition) is 5. The Balaban J connectivity index is 1.27. The van der Waals surface area contributed by atoms with Crippen molar-refractivity contribution < 1.29 is 4.79 Å². The van der Waals surface area contributed by atoms with Crippen molar-refractivity contribution >= 4 is 16.9 Å². The molecule has 4 heterocycles. The molecule has 1 aliphatic rings. The van der Waals surface area contributed by atoms with Crippen LogP contribution < -0.4 is 5.56 Å². The van der Waals surface area contributed by atoms with Crippen LogP contribution in [-0.4, -0.2) is 48.6 Å². The molecule has 0 saturated carbocycles. The molecule has 0 unspecified atom stereocenters. The van der Waals surface area contributed by atoms with E-state index in [2.05, 4.69) is 20.1 Å². The molecule has 29 heavy (non-hydrogen) atoms. The molecule has 0 bridgehead atoms. The highest BCUT2D eigenvalue weighted by Crippen LogP contribution is 2.22. The van der Waals surface area contributed by atoms with Gasteiger partial charge in [-0.2, -0.15) is 5.10 Å². The summed E-state index contributed by atoms with van der Waals surface area (Å²) in [5.41, 5.74) is 3.73. The van der Waals surface area contributed by atoms with E-state index >= 15 is 0 Å². The van der Waals surface area contributed by atoms with Crippen LogP contribution in [0.3, 0.4) is 0 Å². The van der Waals surface area contributed by atoms with Crippen molar-refractivity contribution in [1.82, 2.24) is 29.6 Å². The molecule has 1 aliphatic heterocycles. The lowest BCUT2D eigenvalue weighted by Crippen LogP contribution is -2.52. The largest absolute Gasteiger partial charge is 0.345 e. The predicted molar refractivity (Wildman–Crippen MR) is 107 cm³/mol. The average Bonchev–Trinajstić information content (AvgIpc) is 3.19. The van der Waals surface area contributed by atoms with Crippen molar-refractivity contribution in [3.8, 4) is 11.3 Å². The Bertz CT molecular complexity index is 1240. The van der Waals surface area contributed by atoms with Gasteiger partial charge in [0.25, 0.3) is 11.5 Å². The van der Waals surface area contributed by atoms with Gasteiger partial charge in [-0.3, -0.25) is 14.6 Å². The molecule has 1 fully saturated rings. The number of aromatic amines is 1. The first kappa shape index (κ1) is 17.3. The Hall–Kier alpha value is -3.81. The summed E-state index contributed by atoms with van der Waals surface area (Å²) in [6.45, 7) is 1.69. The van der Waals surface area contributed by atoms with Gasteiger partial charge < -0.3 is 9.88 Å². The molecule has 1 amide bonds. The van der Waals surface area contributed by atoms with Crippen molar-refractivity contribution in [3.63, 3.8) is 0 Å². The molecule has 8 nitrogen and oxygen atoms in total. The van der Waals surface area contributed by atoms with E-state index in [0.717, 1.165) is 16.6 Å². The van der Waals surface area contributed by atoms with Crippen molar-refractivity contribution in [2.45, 2.75) is 6.54 Å². The zero-order valence-electron chi connectivity index (χ0n) is 15.5. The average molecular weight is 386 g/mol. The van der Waals surface area contributed by atoms with Gasteiger partial charge in [-0.15, -0.1) is 0 Å². The Morgan fingerprint density at radius 1 is 1.17 bits per heavy atom. The number of carbonyl (C=O) groups excluding carboxylic acids is 1. The van der Waals surface area contributed by atoms with E-state index in [0.29, 0.717) is 30.9 Å². The third-order valence-corrected chi connectivity index (χ3v) is 5.17. The van der Waals surface area contributed by atoms with E-state index in [-0.39, 0.29) is 17.4 Å². The van der Waals surface area contributed by atoms with E-state index in [1.165, 1.54) is 10.7 Å². The zero-order valence-corrected chi connectivity index (χ0v) is 15.5. The lowest BCUT2D eigenvalue weighted by molar-refractivity contribution is 0.0459. The van der Waals surface area contributed by atoms with Gasteiger partial charge in [0.2, 0.25) is 0 Å². The van der Waals surface area contributed by atoms with Crippen LogP contribution >= 0.6 is 0 Å². The molecular weight excluding hydrogens is 368 g/mol. The van der Waals surface area contributed by atoms with Gasteiger partial charge >= 0.3 is 0 Å². The number of nitrogens with zero attached hydrogens (tertiary/aromatic N) is 5. The lowest BCUT2D eigenvalue weighted by atomic mass is 9.98. The molecule has 5 rings (SSSR count). The number of amides is 1. The summed E-state index contributed by atoms with van der Waals surface area (Å²) in [7, 11) is 0. The molecule has 0 atom stereocenters. The van der Waals surface area contributed by atoms with Crippen molar-refractivity contribution in [1.29, 1.82) is 0 Å². The van der Waals surface area contributed by atoms with Crippen LogP contribution in [-0.2, 0) is 6.54 Å². The first-order valence-electron chi connectivity index (χ1n) is 9.38. The van der Waals surface area contributed by atoms with Crippen LogP contribution in [0.5, 0.6) is 0 Å². The van der Waals surface area contributed by atoms with Gasteiger partial charge in [0.15, 0.2) is 0 Å². The number of fused-ring (bicyclic) bond motifs is 1. The Labute approximate surface area is 165 Å². The second-order valence-electron chi connectivity index (χ2n) is 7.19. The normalized spacial score (nSPS) is 14.1. The first-order valence-corrected chi connectivity index (χ1v) is 9.38. The van der Waals surface area contributed by atoms with Crippen LogP contribution in [0.4, 0.5) is 0 Å². The maximum atomic E-state index is 12.7. The summed E-state index contributed by atoms with van der Waals surface area (Å²) in [5.74, 6) is 0.186. The highest BCUT2D eigenvalue weighted by molar-refractivity contribution is 5.97. The second-order valence-corrected chi connectivity index (χ2v) is 7.19. The number of benzene rings is 1. The molecular formula is C21H18N6O2. The number of aromatic nitrogens is 5. The molecule has 144 valence electrons. The highest BCUT2D eigenvalue weighted by atomic mass is 16.2. The zero-order chi connectivity index (χ0) is 19.8. The summed E-state index contributed by atoms with van der Waals surface area (Å²) in [4.78, 5) is 38.0. The van der Waals surface area contributed by atoms with Gasteiger partial charge in [0, 0.05) is 48.6 Å². The molecule has 8 heteroatoms. The Morgan fingerprint density at radius 3 is 2.90 bits per heavy atom.